The highest BCUT2D eigenvalue weighted by Crippen LogP contribution is 2.16. The average molecular weight is 237 g/mol. The Bertz CT molecular complexity index is 455. The van der Waals surface area contributed by atoms with Gasteiger partial charge < -0.3 is 10.3 Å². The van der Waals surface area contributed by atoms with Crippen molar-refractivity contribution in [2.75, 3.05) is 17.3 Å². The summed E-state index contributed by atoms with van der Waals surface area (Å²) in [5.74, 6) is 1.97. The number of H-pyrrole nitrogens is 1. The third-order valence-corrected chi connectivity index (χ3v) is 3.01. The van der Waals surface area contributed by atoms with Crippen molar-refractivity contribution in [2.45, 2.75) is 19.4 Å². The molecule has 2 aromatic heterocycles. The molecule has 0 fully saturated rings. The van der Waals surface area contributed by atoms with Crippen molar-refractivity contribution >= 4 is 28.7 Å². The number of hydrogen-bond acceptors (Lipinski definition) is 5. The minimum atomic E-state index is 0.397. The molecule has 0 radical (unpaired) electrons. The van der Waals surface area contributed by atoms with Crippen LogP contribution in [0, 0.1) is 0 Å². The van der Waals surface area contributed by atoms with Crippen molar-refractivity contribution in [3.05, 3.63) is 12.7 Å². The quantitative estimate of drug-likeness (QED) is 0.831. The van der Waals surface area contributed by atoms with Crippen molar-refractivity contribution in [2.24, 2.45) is 0 Å². The van der Waals surface area contributed by atoms with Gasteiger partial charge in [-0.15, -0.1) is 0 Å². The number of nitrogens with one attached hydrogen (secondary N) is 2. The highest BCUT2D eigenvalue weighted by Gasteiger charge is 2.08. The Balaban J connectivity index is 2.11. The molecule has 2 heterocycles. The van der Waals surface area contributed by atoms with E-state index in [4.69, 9.17) is 0 Å². The van der Waals surface area contributed by atoms with Gasteiger partial charge in [-0.25, -0.2) is 15.0 Å². The first-order valence-electron chi connectivity index (χ1n) is 5.21. The zero-order valence-corrected chi connectivity index (χ0v) is 10.2. The third-order valence-electron chi connectivity index (χ3n) is 2.36. The van der Waals surface area contributed by atoms with Crippen molar-refractivity contribution in [3.63, 3.8) is 0 Å². The summed E-state index contributed by atoms with van der Waals surface area (Å²) in [6, 6.07) is 0.397. The first-order valence-corrected chi connectivity index (χ1v) is 6.60. The van der Waals surface area contributed by atoms with Crippen LogP contribution in [0.4, 0.5) is 5.82 Å². The summed E-state index contributed by atoms with van der Waals surface area (Å²) in [6.07, 6.45) is 6.40. The molecule has 0 saturated carbocycles. The molecule has 0 aliphatic carbocycles. The largest absolute Gasteiger partial charge is 0.366 e. The van der Waals surface area contributed by atoms with Gasteiger partial charge in [-0.3, -0.25) is 0 Å². The van der Waals surface area contributed by atoms with Crippen molar-refractivity contribution in [1.29, 1.82) is 0 Å². The fraction of sp³-hybridized carbons (Fsp3) is 0.500. The standard InChI is InChI=1S/C10H15N5S/c1-7(3-4-16-2)15-10-8-9(12-5-11-8)13-6-14-10/h5-7H,3-4H2,1-2H3,(H2,11,12,13,14,15). The molecule has 0 bridgehead atoms. The topological polar surface area (TPSA) is 66.5 Å². The zero-order chi connectivity index (χ0) is 11.4. The Hall–Kier alpha value is -1.30. The minimum absolute atomic E-state index is 0.397. The third kappa shape index (κ3) is 2.44. The van der Waals surface area contributed by atoms with E-state index in [-0.39, 0.29) is 0 Å². The number of rotatable bonds is 5. The van der Waals surface area contributed by atoms with Crippen LogP contribution in [0.1, 0.15) is 13.3 Å². The Morgan fingerprint density at radius 1 is 1.44 bits per heavy atom. The number of aromatic nitrogens is 4. The van der Waals surface area contributed by atoms with E-state index in [1.54, 1.807) is 6.33 Å². The number of anilines is 1. The lowest BCUT2D eigenvalue weighted by atomic mass is 10.2. The van der Waals surface area contributed by atoms with Crippen LogP contribution in [0.25, 0.3) is 11.2 Å². The summed E-state index contributed by atoms with van der Waals surface area (Å²) >= 11 is 1.85. The molecule has 2 rings (SSSR count). The van der Waals surface area contributed by atoms with E-state index < -0.39 is 0 Å². The Morgan fingerprint density at radius 2 is 2.31 bits per heavy atom. The molecule has 16 heavy (non-hydrogen) atoms. The first kappa shape index (κ1) is 11.2. The summed E-state index contributed by atoms with van der Waals surface area (Å²) in [5.41, 5.74) is 1.58. The maximum absolute atomic E-state index is 4.23. The highest BCUT2D eigenvalue weighted by atomic mass is 32.2. The van der Waals surface area contributed by atoms with Crippen LogP contribution in [0.2, 0.25) is 0 Å². The SMILES string of the molecule is CSCCC(C)Nc1ncnc2nc[nH]c12. The van der Waals surface area contributed by atoms with Gasteiger partial charge in [0, 0.05) is 6.04 Å². The van der Waals surface area contributed by atoms with E-state index in [0.29, 0.717) is 11.7 Å². The van der Waals surface area contributed by atoms with Gasteiger partial charge in [-0.1, -0.05) is 0 Å². The normalized spacial score (nSPS) is 12.9. The van der Waals surface area contributed by atoms with Crippen LogP contribution < -0.4 is 5.32 Å². The number of imidazole rings is 1. The number of hydrogen-bond donors (Lipinski definition) is 2. The monoisotopic (exact) mass is 237 g/mol. The maximum atomic E-state index is 4.23. The van der Waals surface area contributed by atoms with Gasteiger partial charge in [0.2, 0.25) is 0 Å². The lowest BCUT2D eigenvalue weighted by molar-refractivity contribution is 0.767. The summed E-state index contributed by atoms with van der Waals surface area (Å²) in [6.45, 7) is 2.15. The molecule has 2 aromatic rings. The van der Waals surface area contributed by atoms with E-state index >= 15 is 0 Å². The molecule has 2 N–H and O–H groups in total. The molecule has 0 aliphatic heterocycles. The molecular weight excluding hydrogens is 222 g/mol. The molecule has 0 aliphatic rings. The molecule has 6 heteroatoms. The highest BCUT2D eigenvalue weighted by molar-refractivity contribution is 7.98. The van der Waals surface area contributed by atoms with Gasteiger partial charge in [-0.05, 0) is 25.4 Å². The number of aromatic amines is 1. The van der Waals surface area contributed by atoms with Gasteiger partial charge >= 0.3 is 0 Å². The summed E-state index contributed by atoms with van der Waals surface area (Å²) in [5, 5.41) is 3.37. The summed E-state index contributed by atoms with van der Waals surface area (Å²) in [4.78, 5) is 15.4. The molecule has 1 atom stereocenters. The van der Waals surface area contributed by atoms with Gasteiger partial charge in [0.15, 0.2) is 11.5 Å². The zero-order valence-electron chi connectivity index (χ0n) is 9.40. The fourth-order valence-corrected chi connectivity index (χ4v) is 2.06. The van der Waals surface area contributed by atoms with Gasteiger partial charge in [0.25, 0.3) is 0 Å². The first-order chi connectivity index (χ1) is 7.81. The predicted octanol–water partition coefficient (Wildman–Crippen LogP) is 1.91. The fourth-order valence-electron chi connectivity index (χ4n) is 1.47. The van der Waals surface area contributed by atoms with E-state index in [1.165, 1.54) is 6.33 Å². The minimum Gasteiger partial charge on any atom is -0.366 e. The molecule has 1 unspecified atom stereocenters. The van der Waals surface area contributed by atoms with Crippen LogP contribution in [0.3, 0.4) is 0 Å². The van der Waals surface area contributed by atoms with Crippen LogP contribution in [-0.2, 0) is 0 Å². The van der Waals surface area contributed by atoms with Gasteiger partial charge in [-0.2, -0.15) is 11.8 Å². The van der Waals surface area contributed by atoms with Crippen molar-refractivity contribution in [3.8, 4) is 0 Å². The smallest absolute Gasteiger partial charge is 0.182 e. The Morgan fingerprint density at radius 3 is 3.12 bits per heavy atom. The maximum Gasteiger partial charge on any atom is 0.182 e. The van der Waals surface area contributed by atoms with Crippen LogP contribution >= 0.6 is 11.8 Å². The molecule has 86 valence electrons. The molecule has 0 aromatic carbocycles. The number of nitrogens with zero attached hydrogens (tertiary/aromatic N) is 3. The molecule has 0 saturated heterocycles. The second kappa shape index (κ2) is 5.16. The van der Waals surface area contributed by atoms with E-state index in [1.807, 2.05) is 11.8 Å². The average Bonchev–Trinajstić information content (AvgIpc) is 2.75. The molecule has 0 amide bonds. The summed E-state index contributed by atoms with van der Waals surface area (Å²) in [7, 11) is 0. The van der Waals surface area contributed by atoms with Crippen LogP contribution in [-0.4, -0.2) is 38.0 Å². The number of thioether (sulfide) groups is 1. The molecular formula is C10H15N5S. The lowest BCUT2D eigenvalue weighted by Gasteiger charge is -2.13. The Labute approximate surface area is 98.5 Å². The van der Waals surface area contributed by atoms with E-state index in [0.717, 1.165) is 23.5 Å². The van der Waals surface area contributed by atoms with Gasteiger partial charge in [0.05, 0.1) is 6.33 Å². The predicted molar refractivity (Wildman–Crippen MR) is 67.8 cm³/mol. The van der Waals surface area contributed by atoms with Gasteiger partial charge in [0.1, 0.15) is 11.8 Å². The summed E-state index contributed by atoms with van der Waals surface area (Å²) < 4.78 is 0. The van der Waals surface area contributed by atoms with E-state index in [9.17, 15) is 0 Å². The van der Waals surface area contributed by atoms with Crippen molar-refractivity contribution in [1.82, 2.24) is 19.9 Å². The molecule has 5 nitrogen and oxygen atoms in total. The molecule has 0 spiro atoms. The second-order valence-electron chi connectivity index (χ2n) is 3.65. The number of fused-ring (bicyclic) bond motifs is 1. The second-order valence-corrected chi connectivity index (χ2v) is 4.64. The van der Waals surface area contributed by atoms with Crippen molar-refractivity contribution < 1.29 is 0 Å². The van der Waals surface area contributed by atoms with Crippen LogP contribution in [0.15, 0.2) is 12.7 Å². The lowest BCUT2D eigenvalue weighted by Crippen LogP contribution is -2.17. The Kier molecular flexibility index (Phi) is 3.61. The van der Waals surface area contributed by atoms with E-state index in [2.05, 4.69) is 38.4 Å². The van der Waals surface area contributed by atoms with Crippen LogP contribution in [0.5, 0.6) is 0 Å².